The van der Waals surface area contributed by atoms with Gasteiger partial charge in [0, 0.05) is 30.0 Å². The lowest BCUT2D eigenvalue weighted by Crippen LogP contribution is -2.23. The zero-order valence-electron chi connectivity index (χ0n) is 17.8. The molecule has 30 heavy (non-hydrogen) atoms. The first-order valence-corrected chi connectivity index (χ1v) is 11.6. The molecule has 0 aliphatic heterocycles. The van der Waals surface area contributed by atoms with Crippen molar-refractivity contribution in [3.05, 3.63) is 60.2 Å². The van der Waals surface area contributed by atoms with E-state index in [1.165, 1.54) is 5.56 Å². The summed E-state index contributed by atoms with van der Waals surface area (Å²) in [5.41, 5.74) is 3.32. The van der Waals surface area contributed by atoms with E-state index in [1.54, 1.807) is 11.8 Å². The second-order valence-electron chi connectivity index (χ2n) is 7.35. The van der Waals surface area contributed by atoms with Crippen LogP contribution in [0.5, 0.6) is 0 Å². The fraction of sp³-hybridized carbons (Fsp3) is 0.375. The molecule has 0 unspecified atom stereocenters. The van der Waals surface area contributed by atoms with Crippen LogP contribution in [0.15, 0.2) is 59.8 Å². The van der Waals surface area contributed by atoms with E-state index < -0.39 is 0 Å². The highest BCUT2D eigenvalue weighted by Crippen LogP contribution is 2.28. The number of amides is 1. The molecule has 0 fully saturated rings. The molecule has 6 heteroatoms. The van der Waals surface area contributed by atoms with Gasteiger partial charge < -0.3 is 5.32 Å². The molecule has 1 heterocycles. The Bertz CT molecular complexity index is 922. The normalized spacial score (nSPS) is 10.9. The predicted molar refractivity (Wildman–Crippen MR) is 124 cm³/mol. The Morgan fingerprint density at radius 2 is 1.77 bits per heavy atom. The number of hydrogen-bond donors (Lipinski definition) is 1. The first-order chi connectivity index (χ1) is 14.7. The summed E-state index contributed by atoms with van der Waals surface area (Å²) >= 11 is 1.69. The number of carbonyl (C=O) groups is 1. The molecular weight excluding hydrogens is 392 g/mol. The third-order valence-electron chi connectivity index (χ3n) is 4.84. The summed E-state index contributed by atoms with van der Waals surface area (Å²) in [5.74, 6) is 1.91. The molecule has 3 aromatic rings. The summed E-state index contributed by atoms with van der Waals surface area (Å²) < 4.78 is 2.12. The molecule has 0 radical (unpaired) electrons. The third kappa shape index (κ3) is 6.20. The minimum Gasteiger partial charge on any atom is -0.356 e. The molecule has 0 saturated heterocycles. The number of carbonyl (C=O) groups excluding carboxylic acids is 1. The van der Waals surface area contributed by atoms with Crippen LogP contribution in [0.2, 0.25) is 0 Å². The Labute approximate surface area is 183 Å². The first-order valence-electron chi connectivity index (χ1n) is 10.7. The topological polar surface area (TPSA) is 59.8 Å². The lowest BCUT2D eigenvalue weighted by atomic mass is 10.1. The van der Waals surface area contributed by atoms with Crippen molar-refractivity contribution in [3.8, 4) is 17.1 Å². The van der Waals surface area contributed by atoms with E-state index in [4.69, 9.17) is 0 Å². The van der Waals surface area contributed by atoms with Crippen LogP contribution < -0.4 is 5.32 Å². The van der Waals surface area contributed by atoms with E-state index in [0.29, 0.717) is 6.42 Å². The van der Waals surface area contributed by atoms with Gasteiger partial charge in [-0.2, -0.15) is 0 Å². The molecule has 1 aromatic heterocycles. The molecule has 1 N–H and O–H groups in total. The molecule has 0 spiro atoms. The quantitative estimate of drug-likeness (QED) is 0.331. The number of aryl methyl sites for hydroxylation is 1. The number of aromatic nitrogens is 3. The van der Waals surface area contributed by atoms with E-state index in [9.17, 15) is 4.79 Å². The zero-order chi connectivity index (χ0) is 21.2. The fourth-order valence-electron chi connectivity index (χ4n) is 3.11. The van der Waals surface area contributed by atoms with Crippen molar-refractivity contribution >= 4 is 17.7 Å². The van der Waals surface area contributed by atoms with Crippen molar-refractivity contribution in [2.75, 3.05) is 12.3 Å². The Kier molecular flexibility index (Phi) is 8.51. The van der Waals surface area contributed by atoms with Crippen LogP contribution in [0.25, 0.3) is 17.1 Å². The number of para-hydroxylation sites is 1. The van der Waals surface area contributed by atoms with Crippen molar-refractivity contribution in [1.29, 1.82) is 0 Å². The molecule has 2 aromatic carbocycles. The van der Waals surface area contributed by atoms with Crippen molar-refractivity contribution < 1.29 is 4.79 Å². The number of thioether (sulfide) groups is 1. The maximum Gasteiger partial charge on any atom is 0.219 e. The van der Waals surface area contributed by atoms with Gasteiger partial charge in [-0.3, -0.25) is 9.36 Å². The Morgan fingerprint density at radius 1 is 1.00 bits per heavy atom. The van der Waals surface area contributed by atoms with Crippen LogP contribution in [0.3, 0.4) is 0 Å². The number of hydrogen-bond acceptors (Lipinski definition) is 4. The highest BCUT2D eigenvalue weighted by atomic mass is 32.2. The maximum atomic E-state index is 11.8. The first kappa shape index (κ1) is 22.1. The van der Waals surface area contributed by atoms with Gasteiger partial charge in [-0.1, -0.05) is 73.1 Å². The highest BCUT2D eigenvalue weighted by molar-refractivity contribution is 7.99. The summed E-state index contributed by atoms with van der Waals surface area (Å²) in [5, 5.41) is 12.8. The number of rotatable bonds is 11. The molecule has 0 bridgehead atoms. The number of unbranched alkanes of at least 4 members (excludes halogenated alkanes) is 2. The lowest BCUT2D eigenvalue weighted by Gasteiger charge is -2.10. The monoisotopic (exact) mass is 422 g/mol. The zero-order valence-corrected chi connectivity index (χ0v) is 18.6. The summed E-state index contributed by atoms with van der Waals surface area (Å²) in [4.78, 5) is 11.8. The molecule has 0 aliphatic rings. The molecular formula is C24H30N4OS. The van der Waals surface area contributed by atoms with Crippen LogP contribution in [-0.2, 0) is 4.79 Å². The molecule has 0 atom stereocenters. The smallest absolute Gasteiger partial charge is 0.219 e. The van der Waals surface area contributed by atoms with Crippen molar-refractivity contribution in [3.63, 3.8) is 0 Å². The van der Waals surface area contributed by atoms with Gasteiger partial charge in [0.1, 0.15) is 0 Å². The number of nitrogens with zero attached hydrogens (tertiary/aromatic N) is 3. The summed E-state index contributed by atoms with van der Waals surface area (Å²) in [7, 11) is 0. The van der Waals surface area contributed by atoms with Crippen LogP contribution in [-0.4, -0.2) is 33.0 Å². The molecule has 0 aliphatic carbocycles. The summed E-state index contributed by atoms with van der Waals surface area (Å²) in [6.07, 6.45) is 4.58. The second-order valence-corrected chi connectivity index (χ2v) is 8.41. The molecule has 1 amide bonds. The Morgan fingerprint density at radius 3 is 2.50 bits per heavy atom. The van der Waals surface area contributed by atoms with Crippen LogP contribution >= 0.6 is 11.8 Å². The summed E-state index contributed by atoms with van der Waals surface area (Å²) in [6.45, 7) is 4.99. The van der Waals surface area contributed by atoms with Crippen LogP contribution in [0.1, 0.15) is 44.6 Å². The van der Waals surface area contributed by atoms with E-state index in [-0.39, 0.29) is 5.91 Å². The average molecular weight is 423 g/mol. The van der Waals surface area contributed by atoms with Gasteiger partial charge in [-0.15, -0.1) is 10.2 Å². The van der Waals surface area contributed by atoms with Gasteiger partial charge in [-0.25, -0.2) is 0 Å². The average Bonchev–Trinajstić information content (AvgIpc) is 3.18. The molecule has 158 valence electrons. The molecule has 3 rings (SSSR count). The van der Waals surface area contributed by atoms with E-state index in [2.05, 4.69) is 70.3 Å². The van der Waals surface area contributed by atoms with E-state index in [1.807, 2.05) is 18.2 Å². The second kappa shape index (κ2) is 11.6. The standard InChI is InChI=1S/C24H30N4OS/c1-3-4-17-25-22(29)12-8-9-18-30-24-27-26-23(20-15-13-19(2)14-16-20)28(24)21-10-6-5-7-11-21/h5-7,10-11,13-16H,3-4,8-9,12,17-18H2,1-2H3,(H,25,29). The van der Waals surface area contributed by atoms with E-state index in [0.717, 1.165) is 60.2 Å². The van der Waals surface area contributed by atoms with Crippen molar-refractivity contribution in [2.24, 2.45) is 0 Å². The molecule has 5 nitrogen and oxygen atoms in total. The van der Waals surface area contributed by atoms with Gasteiger partial charge in [0.15, 0.2) is 11.0 Å². The van der Waals surface area contributed by atoms with Gasteiger partial charge in [-0.05, 0) is 38.3 Å². The minimum absolute atomic E-state index is 0.155. The van der Waals surface area contributed by atoms with Gasteiger partial charge in [0.2, 0.25) is 5.91 Å². The number of nitrogens with one attached hydrogen (secondary N) is 1. The van der Waals surface area contributed by atoms with Crippen molar-refractivity contribution in [2.45, 2.75) is 51.1 Å². The van der Waals surface area contributed by atoms with Crippen LogP contribution in [0, 0.1) is 6.92 Å². The lowest BCUT2D eigenvalue weighted by molar-refractivity contribution is -0.121. The van der Waals surface area contributed by atoms with Crippen LogP contribution in [0.4, 0.5) is 0 Å². The Hall–Kier alpha value is -2.60. The highest BCUT2D eigenvalue weighted by Gasteiger charge is 2.16. The van der Waals surface area contributed by atoms with E-state index >= 15 is 0 Å². The molecule has 0 saturated carbocycles. The maximum absolute atomic E-state index is 11.8. The van der Waals surface area contributed by atoms with Gasteiger partial charge in [0.25, 0.3) is 0 Å². The predicted octanol–water partition coefficient (Wildman–Crippen LogP) is 5.42. The Balaban J connectivity index is 1.64. The fourth-order valence-corrected chi connectivity index (χ4v) is 4.06. The number of benzene rings is 2. The summed E-state index contributed by atoms with van der Waals surface area (Å²) in [6, 6.07) is 18.6. The third-order valence-corrected chi connectivity index (χ3v) is 5.85. The SMILES string of the molecule is CCCCNC(=O)CCCCSc1nnc(-c2ccc(C)cc2)n1-c1ccccc1. The van der Waals surface area contributed by atoms with Crippen molar-refractivity contribution in [1.82, 2.24) is 20.1 Å². The van der Waals surface area contributed by atoms with Gasteiger partial charge >= 0.3 is 0 Å². The van der Waals surface area contributed by atoms with Gasteiger partial charge in [0.05, 0.1) is 0 Å². The minimum atomic E-state index is 0.155. The largest absolute Gasteiger partial charge is 0.356 e.